The zero-order chi connectivity index (χ0) is 13.8. The highest BCUT2D eigenvalue weighted by Gasteiger charge is 2.14. The molecule has 0 amide bonds. The molecule has 2 nitrogen and oxygen atoms in total. The summed E-state index contributed by atoms with van der Waals surface area (Å²) in [7, 11) is 0. The van der Waals surface area contributed by atoms with E-state index in [4.69, 9.17) is 0 Å². The maximum absolute atomic E-state index is 4.66. The third-order valence-electron chi connectivity index (χ3n) is 3.82. The Hall–Kier alpha value is -2.09. The zero-order valence-corrected chi connectivity index (χ0v) is 11.9. The lowest BCUT2D eigenvalue weighted by Gasteiger charge is -2.26. The first-order valence-corrected chi connectivity index (χ1v) is 7.35. The molecular formula is C18H20N2. The van der Waals surface area contributed by atoms with Crippen molar-refractivity contribution in [3.05, 3.63) is 65.2 Å². The van der Waals surface area contributed by atoms with Crippen LogP contribution in [0, 0.1) is 0 Å². The molecule has 0 spiro atoms. The molecule has 0 fully saturated rings. The van der Waals surface area contributed by atoms with Gasteiger partial charge in [0.05, 0.1) is 11.9 Å². The minimum absolute atomic E-state index is 1.00. The Morgan fingerprint density at radius 1 is 1.10 bits per heavy atom. The average Bonchev–Trinajstić information content (AvgIpc) is 2.53. The molecule has 20 heavy (non-hydrogen) atoms. The third-order valence-corrected chi connectivity index (χ3v) is 3.82. The number of para-hydroxylation sites is 1. The van der Waals surface area contributed by atoms with Crippen molar-refractivity contribution in [2.24, 2.45) is 5.10 Å². The second-order valence-electron chi connectivity index (χ2n) is 5.20. The van der Waals surface area contributed by atoms with Crippen molar-refractivity contribution < 1.29 is 0 Å². The number of benzene rings is 2. The number of anilines is 1. The van der Waals surface area contributed by atoms with Crippen LogP contribution in [0.2, 0.25) is 0 Å². The van der Waals surface area contributed by atoms with E-state index in [1.165, 1.54) is 23.2 Å². The van der Waals surface area contributed by atoms with Gasteiger partial charge in [0.25, 0.3) is 0 Å². The average molecular weight is 264 g/mol. The Kier molecular flexibility index (Phi) is 3.82. The van der Waals surface area contributed by atoms with Gasteiger partial charge in [0.1, 0.15) is 0 Å². The van der Waals surface area contributed by atoms with Crippen LogP contribution in [0.4, 0.5) is 5.69 Å². The molecular weight excluding hydrogens is 244 g/mol. The second kappa shape index (κ2) is 5.91. The summed E-state index contributed by atoms with van der Waals surface area (Å²) in [5, 5.41) is 6.78. The van der Waals surface area contributed by atoms with Crippen molar-refractivity contribution >= 4 is 11.9 Å². The van der Waals surface area contributed by atoms with Crippen LogP contribution < -0.4 is 5.01 Å². The number of hydrogen-bond donors (Lipinski definition) is 0. The van der Waals surface area contributed by atoms with E-state index in [9.17, 15) is 0 Å². The van der Waals surface area contributed by atoms with Gasteiger partial charge in [-0.1, -0.05) is 49.4 Å². The Bertz CT molecular complexity index is 599. The number of fused-ring (bicyclic) bond motifs is 1. The summed E-state index contributed by atoms with van der Waals surface area (Å²) in [6.07, 6.45) is 5.37. The van der Waals surface area contributed by atoms with Crippen LogP contribution in [0.3, 0.4) is 0 Å². The van der Waals surface area contributed by atoms with Gasteiger partial charge in [-0.3, -0.25) is 5.01 Å². The Labute approximate surface area is 120 Å². The molecule has 0 bridgehead atoms. The van der Waals surface area contributed by atoms with E-state index in [1.807, 2.05) is 6.21 Å². The Morgan fingerprint density at radius 3 is 2.70 bits per heavy atom. The number of hydrogen-bond acceptors (Lipinski definition) is 2. The Balaban J connectivity index is 1.79. The number of hydrazone groups is 1. The summed E-state index contributed by atoms with van der Waals surface area (Å²) in [5.74, 6) is 0. The van der Waals surface area contributed by atoms with E-state index in [2.05, 4.69) is 65.6 Å². The summed E-state index contributed by atoms with van der Waals surface area (Å²) in [6.45, 7) is 3.17. The molecule has 0 aliphatic carbocycles. The normalized spacial score (nSPS) is 14.6. The molecule has 2 aromatic carbocycles. The molecule has 0 saturated carbocycles. The number of nitrogens with zero attached hydrogens (tertiary/aromatic N) is 2. The van der Waals surface area contributed by atoms with Crippen molar-refractivity contribution in [3.63, 3.8) is 0 Å². The first-order chi connectivity index (χ1) is 9.86. The molecule has 1 aliphatic rings. The molecule has 1 aliphatic heterocycles. The van der Waals surface area contributed by atoms with E-state index >= 15 is 0 Å². The van der Waals surface area contributed by atoms with Crippen molar-refractivity contribution in [2.45, 2.75) is 26.2 Å². The monoisotopic (exact) mass is 264 g/mol. The molecule has 0 atom stereocenters. The minimum Gasteiger partial charge on any atom is -0.265 e. The maximum Gasteiger partial charge on any atom is 0.0625 e. The predicted octanol–water partition coefficient (Wildman–Crippen LogP) is 4.04. The molecule has 0 saturated heterocycles. The highest BCUT2D eigenvalue weighted by Crippen LogP contribution is 2.26. The Morgan fingerprint density at radius 2 is 1.90 bits per heavy atom. The fraction of sp³-hybridized carbons (Fsp3) is 0.278. The molecule has 0 aromatic heterocycles. The third kappa shape index (κ3) is 2.74. The fourth-order valence-corrected chi connectivity index (χ4v) is 2.61. The first kappa shape index (κ1) is 12.9. The van der Waals surface area contributed by atoms with Crippen LogP contribution in [-0.4, -0.2) is 12.8 Å². The van der Waals surface area contributed by atoms with Gasteiger partial charge < -0.3 is 0 Å². The standard InChI is InChI=1S/C18H20N2/c1-2-15-9-11-16(12-10-15)14-19-20-13-5-7-17-6-3-4-8-18(17)20/h3-4,6,8-12,14H,2,5,7,13H2,1H3. The van der Waals surface area contributed by atoms with Crippen molar-refractivity contribution in [1.29, 1.82) is 0 Å². The lowest BCUT2D eigenvalue weighted by Crippen LogP contribution is -2.24. The van der Waals surface area contributed by atoms with Gasteiger partial charge >= 0.3 is 0 Å². The molecule has 3 rings (SSSR count). The fourth-order valence-electron chi connectivity index (χ4n) is 2.61. The molecule has 0 radical (unpaired) electrons. The van der Waals surface area contributed by atoms with Gasteiger partial charge in [-0.15, -0.1) is 0 Å². The van der Waals surface area contributed by atoms with Gasteiger partial charge in [0, 0.05) is 6.54 Å². The second-order valence-corrected chi connectivity index (χ2v) is 5.20. The quantitative estimate of drug-likeness (QED) is 0.764. The largest absolute Gasteiger partial charge is 0.265 e. The van der Waals surface area contributed by atoms with Gasteiger partial charge in [0.2, 0.25) is 0 Å². The van der Waals surface area contributed by atoms with E-state index in [0.29, 0.717) is 0 Å². The van der Waals surface area contributed by atoms with Gasteiger partial charge in [0.15, 0.2) is 0 Å². The van der Waals surface area contributed by atoms with Gasteiger partial charge in [-0.2, -0.15) is 5.10 Å². The van der Waals surface area contributed by atoms with E-state index in [0.717, 1.165) is 24.9 Å². The summed E-state index contributed by atoms with van der Waals surface area (Å²) in [5.41, 5.74) is 5.17. The van der Waals surface area contributed by atoms with Crippen molar-refractivity contribution in [1.82, 2.24) is 0 Å². The molecule has 0 unspecified atom stereocenters. The minimum atomic E-state index is 1.00. The summed E-state index contributed by atoms with van der Waals surface area (Å²) < 4.78 is 0. The van der Waals surface area contributed by atoms with Crippen LogP contribution in [0.1, 0.15) is 30.0 Å². The first-order valence-electron chi connectivity index (χ1n) is 7.35. The molecule has 2 heteroatoms. The highest BCUT2D eigenvalue weighted by molar-refractivity contribution is 5.80. The molecule has 2 aromatic rings. The number of aryl methyl sites for hydroxylation is 2. The van der Waals surface area contributed by atoms with E-state index < -0.39 is 0 Å². The van der Waals surface area contributed by atoms with E-state index in [1.54, 1.807) is 0 Å². The highest BCUT2D eigenvalue weighted by atomic mass is 15.5. The lowest BCUT2D eigenvalue weighted by molar-refractivity contribution is 0.717. The predicted molar refractivity (Wildman–Crippen MR) is 85.5 cm³/mol. The van der Waals surface area contributed by atoms with Crippen LogP contribution >= 0.6 is 0 Å². The van der Waals surface area contributed by atoms with Crippen LogP contribution in [0.25, 0.3) is 0 Å². The number of rotatable bonds is 3. The summed E-state index contributed by atoms with van der Waals surface area (Å²) in [6, 6.07) is 17.2. The van der Waals surface area contributed by atoms with E-state index in [-0.39, 0.29) is 0 Å². The molecule has 0 N–H and O–H groups in total. The lowest BCUT2D eigenvalue weighted by atomic mass is 10.0. The van der Waals surface area contributed by atoms with Crippen molar-refractivity contribution in [2.75, 3.05) is 11.6 Å². The van der Waals surface area contributed by atoms with Crippen LogP contribution in [0.15, 0.2) is 53.6 Å². The zero-order valence-electron chi connectivity index (χ0n) is 11.9. The van der Waals surface area contributed by atoms with Crippen LogP contribution in [-0.2, 0) is 12.8 Å². The van der Waals surface area contributed by atoms with Crippen molar-refractivity contribution in [3.8, 4) is 0 Å². The molecule has 1 heterocycles. The maximum atomic E-state index is 4.66. The topological polar surface area (TPSA) is 15.6 Å². The van der Waals surface area contributed by atoms with Gasteiger partial charge in [-0.05, 0) is 42.0 Å². The SMILES string of the molecule is CCc1ccc(C=NN2CCCc3ccccc32)cc1. The van der Waals surface area contributed by atoms with Crippen LogP contribution in [0.5, 0.6) is 0 Å². The summed E-state index contributed by atoms with van der Waals surface area (Å²) in [4.78, 5) is 0. The van der Waals surface area contributed by atoms with Gasteiger partial charge in [-0.25, -0.2) is 0 Å². The molecule has 102 valence electrons. The smallest absolute Gasteiger partial charge is 0.0625 e. The summed E-state index contributed by atoms with van der Waals surface area (Å²) >= 11 is 0.